The quantitative estimate of drug-likeness (QED) is 0.797. The number of carbonyl (C=O) groups is 2. The minimum absolute atomic E-state index is 0.368. The summed E-state index contributed by atoms with van der Waals surface area (Å²) in [5, 5.41) is 28.4. The maximum Gasteiger partial charge on any atom is 0.325 e. The van der Waals surface area contributed by atoms with E-state index >= 15 is 0 Å². The summed E-state index contributed by atoms with van der Waals surface area (Å²) in [4.78, 5) is 23.2. The van der Waals surface area contributed by atoms with E-state index in [1.54, 1.807) is 13.8 Å². The smallest absolute Gasteiger partial charge is 0.325 e. The van der Waals surface area contributed by atoms with Crippen molar-refractivity contribution in [2.24, 2.45) is 23.2 Å². The number of carboxylic acids is 2. The third-order valence-corrected chi connectivity index (χ3v) is 4.21. The number of aliphatic carboxylic acids is 2. The van der Waals surface area contributed by atoms with Gasteiger partial charge in [0.25, 0.3) is 0 Å². The first-order valence-corrected chi connectivity index (χ1v) is 6.75. The highest BCUT2D eigenvalue weighted by molar-refractivity contribution is 5.86. The second-order valence-corrected chi connectivity index (χ2v) is 5.68. The van der Waals surface area contributed by atoms with Crippen LogP contribution in [-0.2, 0) is 9.59 Å². The first-order valence-electron chi connectivity index (χ1n) is 6.75. The fourth-order valence-electron chi connectivity index (χ4n) is 3.33. The number of hydrogen-bond donors (Lipinski definition) is 2. The predicted octanol–water partition coefficient (Wildman–Crippen LogP) is 2.52. The van der Waals surface area contributed by atoms with Crippen molar-refractivity contribution in [2.75, 3.05) is 0 Å². The lowest BCUT2D eigenvalue weighted by Gasteiger charge is -2.39. The molecule has 0 aromatic heterocycles. The number of nitriles is 1. The van der Waals surface area contributed by atoms with Crippen LogP contribution in [0.4, 0.5) is 0 Å². The van der Waals surface area contributed by atoms with Gasteiger partial charge in [0, 0.05) is 0 Å². The summed E-state index contributed by atoms with van der Waals surface area (Å²) < 4.78 is 0. The Hall–Kier alpha value is -1.57. The molecular weight excluding hydrogens is 246 g/mol. The SMILES string of the molecule is CC(C)C(C(=O)O)C(C#N)(C(=O)O)C1CCCCC1. The maximum absolute atomic E-state index is 11.7. The Labute approximate surface area is 113 Å². The molecule has 0 aliphatic heterocycles. The Morgan fingerprint density at radius 1 is 1.21 bits per heavy atom. The molecule has 0 heterocycles. The number of hydrogen-bond acceptors (Lipinski definition) is 3. The second kappa shape index (κ2) is 6.05. The van der Waals surface area contributed by atoms with Gasteiger partial charge in [0.05, 0.1) is 12.0 Å². The van der Waals surface area contributed by atoms with Crippen LogP contribution < -0.4 is 0 Å². The van der Waals surface area contributed by atoms with Gasteiger partial charge in [-0.15, -0.1) is 0 Å². The normalized spacial score (nSPS) is 21.4. The zero-order chi connectivity index (χ0) is 14.6. The lowest BCUT2D eigenvalue weighted by Crippen LogP contribution is -2.49. The van der Waals surface area contributed by atoms with Crippen molar-refractivity contribution >= 4 is 11.9 Å². The molecule has 5 heteroatoms. The summed E-state index contributed by atoms with van der Waals surface area (Å²) in [6, 6.07) is 1.87. The van der Waals surface area contributed by atoms with Crippen molar-refractivity contribution in [1.29, 1.82) is 5.26 Å². The average Bonchev–Trinajstić information content (AvgIpc) is 2.35. The van der Waals surface area contributed by atoms with Crippen LogP contribution in [0.2, 0.25) is 0 Å². The highest BCUT2D eigenvalue weighted by Crippen LogP contribution is 2.46. The van der Waals surface area contributed by atoms with E-state index < -0.39 is 29.2 Å². The molecule has 2 N–H and O–H groups in total. The Morgan fingerprint density at radius 3 is 2.05 bits per heavy atom. The molecule has 0 radical (unpaired) electrons. The van der Waals surface area contributed by atoms with Crippen molar-refractivity contribution in [3.8, 4) is 6.07 Å². The maximum atomic E-state index is 11.7. The van der Waals surface area contributed by atoms with E-state index in [0.29, 0.717) is 12.8 Å². The van der Waals surface area contributed by atoms with Crippen LogP contribution in [0.15, 0.2) is 0 Å². The zero-order valence-corrected chi connectivity index (χ0v) is 11.4. The monoisotopic (exact) mass is 267 g/mol. The van der Waals surface area contributed by atoms with E-state index in [2.05, 4.69) is 0 Å². The molecule has 19 heavy (non-hydrogen) atoms. The number of rotatable bonds is 5. The van der Waals surface area contributed by atoms with Crippen LogP contribution in [0.1, 0.15) is 46.0 Å². The lowest BCUT2D eigenvalue weighted by atomic mass is 9.60. The van der Waals surface area contributed by atoms with Gasteiger partial charge in [0.15, 0.2) is 5.41 Å². The van der Waals surface area contributed by atoms with Crippen molar-refractivity contribution in [2.45, 2.75) is 46.0 Å². The third kappa shape index (κ3) is 2.73. The molecule has 1 fully saturated rings. The van der Waals surface area contributed by atoms with E-state index in [0.717, 1.165) is 19.3 Å². The molecule has 1 aliphatic rings. The van der Waals surface area contributed by atoms with E-state index in [-0.39, 0.29) is 5.92 Å². The standard InChI is InChI=1S/C14H21NO4/c1-9(2)11(12(16)17)14(8-15,13(18)19)10-6-4-3-5-7-10/h9-11H,3-7H2,1-2H3,(H,16,17)(H,18,19). The number of carboxylic acid groups (broad SMARTS) is 2. The van der Waals surface area contributed by atoms with Crippen molar-refractivity contribution in [3.63, 3.8) is 0 Å². The van der Waals surface area contributed by atoms with Crippen molar-refractivity contribution in [3.05, 3.63) is 0 Å². The molecule has 1 rings (SSSR count). The van der Waals surface area contributed by atoms with Crippen LogP contribution in [0.5, 0.6) is 0 Å². The van der Waals surface area contributed by atoms with Gasteiger partial charge in [-0.1, -0.05) is 33.1 Å². The average molecular weight is 267 g/mol. The summed E-state index contributed by atoms with van der Waals surface area (Å²) in [5.74, 6) is -4.41. The molecule has 2 unspecified atom stereocenters. The number of nitrogens with zero attached hydrogens (tertiary/aromatic N) is 1. The molecule has 0 spiro atoms. The molecule has 5 nitrogen and oxygen atoms in total. The molecule has 0 bridgehead atoms. The van der Waals surface area contributed by atoms with Crippen LogP contribution in [0.25, 0.3) is 0 Å². The van der Waals surface area contributed by atoms with E-state index in [1.165, 1.54) is 0 Å². The molecule has 0 aromatic rings. The Bertz CT molecular complexity index is 393. The van der Waals surface area contributed by atoms with Gasteiger partial charge in [-0.3, -0.25) is 9.59 Å². The predicted molar refractivity (Wildman–Crippen MR) is 68.2 cm³/mol. The fraction of sp³-hybridized carbons (Fsp3) is 0.786. The molecular formula is C14H21NO4. The van der Waals surface area contributed by atoms with Crippen molar-refractivity contribution in [1.82, 2.24) is 0 Å². The van der Waals surface area contributed by atoms with Crippen LogP contribution in [-0.4, -0.2) is 22.2 Å². The second-order valence-electron chi connectivity index (χ2n) is 5.68. The van der Waals surface area contributed by atoms with E-state index in [9.17, 15) is 25.1 Å². The first kappa shape index (κ1) is 15.5. The molecule has 0 aromatic carbocycles. The van der Waals surface area contributed by atoms with Crippen LogP contribution in [0.3, 0.4) is 0 Å². The topological polar surface area (TPSA) is 98.4 Å². The summed E-state index contributed by atoms with van der Waals surface area (Å²) >= 11 is 0. The van der Waals surface area contributed by atoms with Gasteiger partial charge in [0.1, 0.15) is 0 Å². The Balaban J connectivity index is 3.28. The van der Waals surface area contributed by atoms with Gasteiger partial charge in [-0.25, -0.2) is 0 Å². The van der Waals surface area contributed by atoms with Gasteiger partial charge in [-0.05, 0) is 24.7 Å². The minimum Gasteiger partial charge on any atom is -0.481 e. The van der Waals surface area contributed by atoms with Gasteiger partial charge in [-0.2, -0.15) is 5.26 Å². The highest BCUT2D eigenvalue weighted by atomic mass is 16.4. The molecule has 106 valence electrons. The third-order valence-electron chi connectivity index (χ3n) is 4.21. The van der Waals surface area contributed by atoms with E-state index in [1.807, 2.05) is 6.07 Å². The lowest BCUT2D eigenvalue weighted by molar-refractivity contribution is -0.165. The summed E-state index contributed by atoms with van der Waals surface area (Å²) in [5.41, 5.74) is -1.81. The molecule has 0 saturated heterocycles. The molecule has 0 amide bonds. The van der Waals surface area contributed by atoms with Gasteiger partial charge >= 0.3 is 11.9 Å². The minimum atomic E-state index is -1.81. The molecule has 1 aliphatic carbocycles. The summed E-state index contributed by atoms with van der Waals surface area (Å²) in [6.07, 6.45) is 4.00. The zero-order valence-electron chi connectivity index (χ0n) is 11.4. The van der Waals surface area contributed by atoms with E-state index in [4.69, 9.17) is 0 Å². The largest absolute Gasteiger partial charge is 0.481 e. The first-order chi connectivity index (χ1) is 8.87. The van der Waals surface area contributed by atoms with Gasteiger partial charge < -0.3 is 10.2 Å². The summed E-state index contributed by atoms with van der Waals surface area (Å²) in [6.45, 7) is 3.33. The molecule has 1 saturated carbocycles. The van der Waals surface area contributed by atoms with Crippen molar-refractivity contribution < 1.29 is 19.8 Å². The fourth-order valence-corrected chi connectivity index (χ4v) is 3.33. The highest BCUT2D eigenvalue weighted by Gasteiger charge is 2.56. The van der Waals surface area contributed by atoms with Gasteiger partial charge in [0.2, 0.25) is 0 Å². The Morgan fingerprint density at radius 2 is 1.74 bits per heavy atom. The Kier molecular flexibility index (Phi) is 4.93. The molecule has 2 atom stereocenters. The summed E-state index contributed by atoms with van der Waals surface area (Å²) in [7, 11) is 0. The van der Waals surface area contributed by atoms with Crippen LogP contribution in [0, 0.1) is 34.5 Å². The van der Waals surface area contributed by atoms with Crippen LogP contribution >= 0.6 is 0 Å².